The number of ether oxygens (including phenoxy) is 2. The SMILES string of the molecule is CC(=O)NCC1CN(c2ccc(-c3cnc(N4CCN(C(=O)[C@H](OC(C)=O)N(C)C)CC4)nc3)c(F)c2)C(=O)O1. The van der Waals surface area contributed by atoms with Crippen LogP contribution in [0.1, 0.15) is 13.8 Å². The van der Waals surface area contributed by atoms with Crippen molar-refractivity contribution in [2.45, 2.75) is 26.2 Å². The maximum atomic E-state index is 15.1. The number of nitrogens with one attached hydrogen (secondary N) is 1. The molecular formula is C26H32FN7O6. The highest BCUT2D eigenvalue weighted by Gasteiger charge is 2.33. The fraction of sp³-hybridized carbons (Fsp3) is 0.462. The number of benzene rings is 1. The van der Waals surface area contributed by atoms with E-state index in [0.717, 1.165) is 0 Å². The van der Waals surface area contributed by atoms with E-state index in [1.807, 2.05) is 4.90 Å². The standard InChI is InChI=1S/C26H32FN7O6/c1-16(35)28-14-20-15-34(26(38)40-20)19-5-6-21(22(27)11-19)18-12-29-25(30-13-18)33-9-7-32(8-10-33)23(37)24(31(3)4)39-17(2)36/h5-6,11-13,20,24H,7-10,14-15H2,1-4H3,(H,28,35)/t20?,24-/m0/s1. The molecule has 1 N–H and O–H groups in total. The zero-order valence-electron chi connectivity index (χ0n) is 22.8. The van der Waals surface area contributed by atoms with Crippen LogP contribution < -0.4 is 15.1 Å². The molecule has 1 aromatic heterocycles. The second kappa shape index (κ2) is 12.2. The number of nitrogens with zero attached hydrogens (tertiary/aromatic N) is 6. The monoisotopic (exact) mass is 557 g/mol. The Hall–Kier alpha value is -4.33. The number of carbonyl (C=O) groups is 4. The molecule has 3 amide bonds. The molecule has 14 heteroatoms. The van der Waals surface area contributed by atoms with Crippen molar-refractivity contribution >= 4 is 35.5 Å². The number of likely N-dealkylation sites (N-methyl/N-ethyl adjacent to an activating group) is 1. The van der Waals surface area contributed by atoms with Crippen LogP contribution in [0.4, 0.5) is 20.8 Å². The van der Waals surface area contributed by atoms with Gasteiger partial charge >= 0.3 is 12.1 Å². The van der Waals surface area contributed by atoms with Gasteiger partial charge in [0.25, 0.3) is 5.91 Å². The van der Waals surface area contributed by atoms with Crippen LogP contribution in [0.3, 0.4) is 0 Å². The summed E-state index contributed by atoms with van der Waals surface area (Å²) in [5.41, 5.74) is 1.07. The number of amides is 3. The van der Waals surface area contributed by atoms with E-state index in [4.69, 9.17) is 9.47 Å². The van der Waals surface area contributed by atoms with E-state index in [-0.39, 0.29) is 30.5 Å². The van der Waals surface area contributed by atoms with Gasteiger partial charge in [0.05, 0.1) is 18.8 Å². The van der Waals surface area contributed by atoms with Gasteiger partial charge in [-0.05, 0) is 32.3 Å². The Kier molecular flexibility index (Phi) is 8.77. The second-order valence-corrected chi connectivity index (χ2v) is 9.73. The first-order valence-corrected chi connectivity index (χ1v) is 12.8. The number of hydrogen-bond acceptors (Lipinski definition) is 10. The zero-order chi connectivity index (χ0) is 29.0. The van der Waals surface area contributed by atoms with Crippen molar-refractivity contribution in [2.75, 3.05) is 63.2 Å². The highest BCUT2D eigenvalue weighted by molar-refractivity contribution is 5.90. The van der Waals surface area contributed by atoms with E-state index in [0.29, 0.717) is 43.4 Å². The molecule has 0 radical (unpaired) electrons. The summed E-state index contributed by atoms with van der Waals surface area (Å²) in [6.07, 6.45) is 0.925. The van der Waals surface area contributed by atoms with Crippen LogP contribution in [0.5, 0.6) is 0 Å². The lowest BCUT2D eigenvalue weighted by atomic mass is 10.1. The van der Waals surface area contributed by atoms with Crippen LogP contribution >= 0.6 is 0 Å². The van der Waals surface area contributed by atoms with Gasteiger partial charge in [-0.15, -0.1) is 0 Å². The van der Waals surface area contributed by atoms with E-state index in [9.17, 15) is 19.2 Å². The average Bonchev–Trinajstić information content (AvgIpc) is 3.30. The summed E-state index contributed by atoms with van der Waals surface area (Å²) in [5.74, 6) is -1.16. The quantitative estimate of drug-likeness (QED) is 0.367. The zero-order valence-corrected chi connectivity index (χ0v) is 22.8. The number of cyclic esters (lactones) is 1. The van der Waals surface area contributed by atoms with E-state index in [1.165, 1.54) is 37.2 Å². The fourth-order valence-corrected chi connectivity index (χ4v) is 4.44. The summed E-state index contributed by atoms with van der Waals surface area (Å²) in [6, 6.07) is 4.41. The van der Waals surface area contributed by atoms with Crippen LogP contribution in [-0.2, 0) is 23.9 Å². The Balaban J connectivity index is 1.37. The normalized spacial score (nSPS) is 18.0. The number of carbonyl (C=O) groups excluding carboxylic acids is 4. The van der Waals surface area contributed by atoms with Gasteiger partial charge in [0.2, 0.25) is 18.1 Å². The van der Waals surface area contributed by atoms with Gasteiger partial charge in [-0.3, -0.25) is 24.2 Å². The highest BCUT2D eigenvalue weighted by Crippen LogP contribution is 2.29. The lowest BCUT2D eigenvalue weighted by molar-refractivity contribution is -0.169. The molecule has 2 aromatic rings. The molecule has 2 aliphatic heterocycles. The molecule has 2 saturated heterocycles. The van der Waals surface area contributed by atoms with E-state index >= 15 is 4.39 Å². The molecule has 2 aliphatic rings. The summed E-state index contributed by atoms with van der Waals surface area (Å²) < 4.78 is 25.5. The second-order valence-electron chi connectivity index (χ2n) is 9.73. The molecule has 214 valence electrons. The number of anilines is 2. The molecule has 0 aliphatic carbocycles. The fourth-order valence-electron chi connectivity index (χ4n) is 4.44. The van der Waals surface area contributed by atoms with Crippen molar-refractivity contribution in [3.8, 4) is 11.1 Å². The molecule has 3 heterocycles. The third-order valence-electron chi connectivity index (χ3n) is 6.50. The Bertz CT molecular complexity index is 1270. The van der Waals surface area contributed by atoms with E-state index in [2.05, 4.69) is 15.3 Å². The van der Waals surface area contributed by atoms with Gasteiger partial charge in [-0.2, -0.15) is 0 Å². The molecule has 1 unspecified atom stereocenters. The minimum Gasteiger partial charge on any atom is -0.442 e. The van der Waals surface area contributed by atoms with Crippen molar-refractivity contribution < 1.29 is 33.0 Å². The smallest absolute Gasteiger partial charge is 0.414 e. The predicted molar refractivity (Wildman–Crippen MR) is 142 cm³/mol. The molecule has 4 rings (SSSR count). The maximum Gasteiger partial charge on any atom is 0.414 e. The molecule has 2 atom stereocenters. The Morgan fingerprint density at radius 3 is 2.40 bits per heavy atom. The molecule has 0 bridgehead atoms. The van der Waals surface area contributed by atoms with Crippen LogP contribution in [-0.4, -0.2) is 109 Å². The summed E-state index contributed by atoms with van der Waals surface area (Å²) in [6.45, 7) is 4.75. The predicted octanol–water partition coefficient (Wildman–Crippen LogP) is 0.843. The number of rotatable bonds is 8. The minimum absolute atomic E-state index is 0.179. The van der Waals surface area contributed by atoms with Gasteiger partial charge in [0.1, 0.15) is 11.9 Å². The molecule has 2 fully saturated rings. The number of hydrogen-bond donors (Lipinski definition) is 1. The molecule has 0 spiro atoms. The van der Waals surface area contributed by atoms with Crippen molar-refractivity contribution in [3.05, 3.63) is 36.4 Å². The third kappa shape index (κ3) is 6.62. The van der Waals surface area contributed by atoms with Gasteiger partial charge in [-0.1, -0.05) is 0 Å². The average molecular weight is 558 g/mol. The van der Waals surface area contributed by atoms with Gasteiger partial charge in [0.15, 0.2) is 0 Å². The van der Waals surface area contributed by atoms with E-state index in [1.54, 1.807) is 36.0 Å². The molecule has 1 aromatic carbocycles. The highest BCUT2D eigenvalue weighted by atomic mass is 19.1. The number of piperazine rings is 1. The summed E-state index contributed by atoms with van der Waals surface area (Å²) in [7, 11) is 3.33. The van der Waals surface area contributed by atoms with E-state index < -0.39 is 30.2 Å². The first-order valence-electron chi connectivity index (χ1n) is 12.8. The van der Waals surface area contributed by atoms with Gasteiger partial charge in [-0.25, -0.2) is 19.2 Å². The van der Waals surface area contributed by atoms with Crippen LogP contribution in [0.2, 0.25) is 0 Å². The topological polar surface area (TPSA) is 138 Å². The third-order valence-corrected chi connectivity index (χ3v) is 6.50. The van der Waals surface area contributed by atoms with Crippen LogP contribution in [0, 0.1) is 5.82 Å². The van der Waals surface area contributed by atoms with Crippen molar-refractivity contribution in [1.82, 2.24) is 25.1 Å². The molecular weight excluding hydrogens is 525 g/mol. The van der Waals surface area contributed by atoms with Crippen molar-refractivity contribution in [2.24, 2.45) is 0 Å². The van der Waals surface area contributed by atoms with Gasteiger partial charge in [0, 0.05) is 63.5 Å². The summed E-state index contributed by atoms with van der Waals surface area (Å²) in [4.78, 5) is 62.8. The molecule has 0 saturated carbocycles. The Morgan fingerprint density at radius 1 is 1.15 bits per heavy atom. The number of esters is 1. The lowest BCUT2D eigenvalue weighted by Crippen LogP contribution is -2.55. The Morgan fingerprint density at radius 2 is 1.82 bits per heavy atom. The van der Waals surface area contributed by atoms with Gasteiger partial charge < -0.3 is 24.6 Å². The largest absolute Gasteiger partial charge is 0.442 e. The molecule has 13 nitrogen and oxygen atoms in total. The summed E-state index contributed by atoms with van der Waals surface area (Å²) in [5, 5.41) is 2.60. The molecule has 40 heavy (non-hydrogen) atoms. The maximum absolute atomic E-state index is 15.1. The number of halogens is 1. The summed E-state index contributed by atoms with van der Waals surface area (Å²) >= 11 is 0. The number of aromatic nitrogens is 2. The first-order chi connectivity index (χ1) is 19.0. The first kappa shape index (κ1) is 28.7. The lowest BCUT2D eigenvalue weighted by Gasteiger charge is -2.37. The van der Waals surface area contributed by atoms with Crippen LogP contribution in [0.15, 0.2) is 30.6 Å². The van der Waals surface area contributed by atoms with Crippen LogP contribution in [0.25, 0.3) is 11.1 Å². The minimum atomic E-state index is -0.984. The van der Waals surface area contributed by atoms with Crippen molar-refractivity contribution in [1.29, 1.82) is 0 Å². The van der Waals surface area contributed by atoms with Crippen molar-refractivity contribution in [3.63, 3.8) is 0 Å². The Labute approximate surface area is 230 Å².